The van der Waals surface area contributed by atoms with E-state index in [1.807, 2.05) is 6.92 Å². The van der Waals surface area contributed by atoms with Crippen LogP contribution in [0, 0.1) is 0 Å². The zero-order chi connectivity index (χ0) is 40.9. The molecule has 2 aliphatic heterocycles. The summed E-state index contributed by atoms with van der Waals surface area (Å²) in [5.41, 5.74) is 1.74. The Hall–Kier alpha value is -3.52. The molecule has 2 heterocycles. The molecular formula is C34H37N2O16S4+. The lowest BCUT2D eigenvalue weighted by Gasteiger charge is -2.31. The molecule has 7 N–H and O–H groups in total. The first kappa shape index (κ1) is 40.7. The minimum atomic E-state index is -4.66. The third-order valence-electron chi connectivity index (χ3n) is 11.2. The number of fused-ring (bicyclic) bond motifs is 6. The molecule has 0 radical (unpaired) electrons. The van der Waals surface area contributed by atoms with E-state index in [-0.39, 0.29) is 42.7 Å². The van der Waals surface area contributed by atoms with Gasteiger partial charge in [-0.2, -0.15) is 29.8 Å². The number of carbonyl (C=O) groups is 1. The average Bonchev–Trinajstić information content (AvgIpc) is 3.73. The molecule has 4 unspecified atom stereocenters. The molecule has 0 spiro atoms. The van der Waals surface area contributed by atoms with E-state index in [9.17, 15) is 59.0 Å². The van der Waals surface area contributed by atoms with Crippen molar-refractivity contribution in [3.63, 3.8) is 0 Å². The normalized spacial score (nSPS) is 25.8. The number of benzene rings is 2. The van der Waals surface area contributed by atoms with E-state index in [0.29, 0.717) is 68.4 Å². The number of hydrogen-bond acceptors (Lipinski definition) is 15. The number of β-amino-alcohol motifs (C(OH)–C–C–N with tert-alkyl or cyclic N) is 2. The molecule has 22 heteroatoms. The first-order valence-corrected chi connectivity index (χ1v) is 22.4. The monoisotopic (exact) mass is 857 g/mol. The van der Waals surface area contributed by atoms with Crippen LogP contribution in [-0.4, -0.2) is 112 Å². The van der Waals surface area contributed by atoms with Gasteiger partial charge in [0.25, 0.3) is 30.4 Å². The summed E-state index contributed by atoms with van der Waals surface area (Å²) >= 11 is 0.707. The number of Topliss-reactive ketones (excluding diaryl/α,β-unsaturated/α-hetero) is 1. The van der Waals surface area contributed by atoms with Gasteiger partial charge in [-0.25, -0.2) is 5.26 Å². The van der Waals surface area contributed by atoms with Gasteiger partial charge in [0, 0.05) is 45.4 Å². The number of hydrogen-bond donors (Lipinski definition) is 7. The number of rotatable bonds is 13. The van der Waals surface area contributed by atoms with E-state index in [2.05, 4.69) is 9.37 Å². The topological polar surface area (TPSA) is 286 Å². The van der Waals surface area contributed by atoms with Crippen molar-refractivity contribution in [2.45, 2.75) is 72.4 Å². The van der Waals surface area contributed by atoms with Crippen LogP contribution in [0.1, 0.15) is 50.7 Å². The van der Waals surface area contributed by atoms with Gasteiger partial charge < -0.3 is 20.2 Å². The van der Waals surface area contributed by atoms with Crippen LogP contribution in [0.3, 0.4) is 0 Å². The maximum Gasteiger partial charge on any atom is 0.294 e. The van der Waals surface area contributed by atoms with E-state index in [0.717, 1.165) is 6.07 Å². The molecule has 1 fully saturated rings. The maximum atomic E-state index is 14.4. The molecule has 0 aromatic heterocycles. The Morgan fingerprint density at radius 2 is 1.50 bits per heavy atom. The summed E-state index contributed by atoms with van der Waals surface area (Å²) in [6.45, 7) is 2.91. The lowest BCUT2D eigenvalue weighted by Crippen LogP contribution is -2.37. The van der Waals surface area contributed by atoms with Gasteiger partial charge in [0.1, 0.15) is 23.4 Å². The maximum absolute atomic E-state index is 14.4. The van der Waals surface area contributed by atoms with Crippen LogP contribution >= 0.6 is 12.0 Å². The molecular weight excluding hydrogens is 821 g/mol. The molecule has 56 heavy (non-hydrogen) atoms. The van der Waals surface area contributed by atoms with Crippen LogP contribution in [0.5, 0.6) is 0 Å². The standard InChI is InChI=1S/C34H36N2O16S4/c1-33-9-7-21(31(33)35(13-17(37)15-54(42,43)44)25-5-3-19(11-23(25)33)53-52-51-41)27-29(39)28(30(27)40)22-8-10-34(2)24-12-20(56(48,49)50)4-6-26(24)36(32(22)34)14-18(38)16-55(45,46)47/h3-6,11-12,17-18,37-38H,7-10,13-16H2,1-2H3,(H4-,39,40,41,42,43,44,45,46,47,48,49,50)/p+1. The Morgan fingerprint density at radius 3 is 2.12 bits per heavy atom. The first-order chi connectivity index (χ1) is 26.0. The lowest BCUT2D eigenvalue weighted by molar-refractivity contribution is -0.448. The van der Waals surface area contributed by atoms with Crippen molar-refractivity contribution in [2.75, 3.05) is 29.5 Å². The Kier molecular flexibility index (Phi) is 10.0. The molecule has 0 saturated heterocycles. The van der Waals surface area contributed by atoms with Crippen molar-refractivity contribution < 1.29 is 78.2 Å². The Morgan fingerprint density at radius 1 is 0.857 bits per heavy atom. The van der Waals surface area contributed by atoms with Gasteiger partial charge >= 0.3 is 0 Å². The predicted molar refractivity (Wildman–Crippen MR) is 197 cm³/mol. The summed E-state index contributed by atoms with van der Waals surface area (Å²) in [4.78, 5) is 16.0. The van der Waals surface area contributed by atoms with Crippen LogP contribution in [-0.2, 0) is 55.4 Å². The van der Waals surface area contributed by atoms with E-state index < -0.39 is 82.1 Å². The number of anilines is 1. The largest absolute Gasteiger partial charge is 0.506 e. The first-order valence-electron chi connectivity index (χ1n) is 17.0. The average molecular weight is 858 g/mol. The van der Waals surface area contributed by atoms with Crippen LogP contribution in [0.15, 0.2) is 79.9 Å². The molecule has 7 rings (SSSR count). The highest BCUT2D eigenvalue weighted by atomic mass is 32.2. The molecule has 302 valence electrons. The number of nitrogens with zero attached hydrogens (tertiary/aromatic N) is 2. The smallest absolute Gasteiger partial charge is 0.294 e. The quantitative estimate of drug-likeness (QED) is 0.0380. The Balaban J connectivity index is 1.37. The fourth-order valence-electron chi connectivity index (χ4n) is 9.07. The number of ketones is 1. The van der Waals surface area contributed by atoms with E-state index in [4.69, 9.17) is 5.26 Å². The van der Waals surface area contributed by atoms with Crippen LogP contribution < -0.4 is 4.90 Å². The summed E-state index contributed by atoms with van der Waals surface area (Å²) in [5, 5.41) is 45.8. The molecule has 5 aliphatic rings. The minimum Gasteiger partial charge on any atom is -0.506 e. The number of allylic oxidation sites excluding steroid dienone is 5. The van der Waals surface area contributed by atoms with Crippen LogP contribution in [0.25, 0.3) is 0 Å². The zero-order valence-electron chi connectivity index (χ0n) is 29.6. The second-order valence-corrected chi connectivity index (χ2v) is 20.0. The summed E-state index contributed by atoms with van der Waals surface area (Å²) in [6.07, 6.45) is -2.06. The Labute approximate surface area is 325 Å². The number of aliphatic hydroxyl groups is 3. The van der Waals surface area contributed by atoms with Gasteiger partial charge in [0.05, 0.1) is 39.6 Å². The van der Waals surface area contributed by atoms with Crippen molar-refractivity contribution >= 4 is 65.3 Å². The highest BCUT2D eigenvalue weighted by molar-refractivity contribution is 7.94. The highest BCUT2D eigenvalue weighted by Gasteiger charge is 2.58. The summed E-state index contributed by atoms with van der Waals surface area (Å²) < 4.78 is 106. The van der Waals surface area contributed by atoms with Gasteiger partial charge in [0.2, 0.25) is 11.5 Å². The van der Waals surface area contributed by atoms with Crippen molar-refractivity contribution in [3.8, 4) is 0 Å². The molecule has 18 nitrogen and oxygen atoms in total. The SMILES string of the molecule is CC12CCC(C3=C(O)/C(=C4/CCC5(C)C4=[N+](CC(O)CS(=O)(=O)O)c4ccc(SOOO)cc45)C3=O)=C1N(CC(O)CS(=O)(=O)O)c1ccc(S(=O)(=O)O)cc12. The molecule has 2 aromatic carbocycles. The zero-order valence-corrected chi connectivity index (χ0v) is 32.9. The van der Waals surface area contributed by atoms with Gasteiger partial charge in [-0.05, 0) is 81.0 Å². The molecule has 2 aromatic rings. The molecule has 0 bridgehead atoms. The molecule has 0 amide bonds. The molecule has 4 atom stereocenters. The fraction of sp³-hybridized carbons (Fsp3) is 0.412. The third kappa shape index (κ3) is 6.83. The van der Waals surface area contributed by atoms with E-state index in [1.54, 1.807) is 29.7 Å². The van der Waals surface area contributed by atoms with Crippen LogP contribution in [0.2, 0.25) is 0 Å². The summed E-state index contributed by atoms with van der Waals surface area (Å²) in [5.74, 6) is -2.91. The second-order valence-electron chi connectivity index (χ2n) is 14.8. The van der Waals surface area contributed by atoms with Gasteiger partial charge in [-0.15, -0.1) is 4.33 Å². The fourth-order valence-corrected chi connectivity index (χ4v) is 11.2. The van der Waals surface area contributed by atoms with Gasteiger partial charge in [-0.3, -0.25) is 18.5 Å². The predicted octanol–water partition coefficient (Wildman–Crippen LogP) is 2.53. The van der Waals surface area contributed by atoms with Crippen molar-refractivity contribution in [1.82, 2.24) is 0 Å². The van der Waals surface area contributed by atoms with Gasteiger partial charge in [0.15, 0.2) is 12.3 Å². The number of carbonyl (C=O) groups excluding carboxylic acids is 1. The molecule has 3 aliphatic carbocycles. The van der Waals surface area contributed by atoms with E-state index >= 15 is 0 Å². The third-order valence-corrected chi connectivity index (χ3v) is 14.2. The highest BCUT2D eigenvalue weighted by Crippen LogP contribution is 2.60. The van der Waals surface area contributed by atoms with Crippen molar-refractivity contribution in [1.29, 1.82) is 0 Å². The molecule has 1 saturated carbocycles. The summed E-state index contributed by atoms with van der Waals surface area (Å²) in [7, 11) is -13.9. The van der Waals surface area contributed by atoms with Crippen molar-refractivity contribution in [2.24, 2.45) is 0 Å². The second kappa shape index (κ2) is 13.8. The van der Waals surface area contributed by atoms with E-state index in [1.165, 1.54) is 17.0 Å². The van der Waals surface area contributed by atoms with Crippen molar-refractivity contribution in [3.05, 3.63) is 81.3 Å². The summed E-state index contributed by atoms with van der Waals surface area (Å²) in [6, 6.07) is 8.81. The lowest BCUT2D eigenvalue weighted by atomic mass is 9.76. The number of aliphatic hydroxyl groups excluding tert-OH is 3. The minimum absolute atomic E-state index is 0.0174. The van der Waals surface area contributed by atoms with Crippen LogP contribution in [0.4, 0.5) is 11.4 Å². The Bertz CT molecular complexity index is 2560. The van der Waals surface area contributed by atoms with Gasteiger partial charge in [-0.1, -0.05) is 5.04 Å².